The van der Waals surface area contributed by atoms with Crippen LogP contribution in [0.3, 0.4) is 0 Å². The van der Waals surface area contributed by atoms with Crippen molar-refractivity contribution in [2.24, 2.45) is 11.0 Å². The van der Waals surface area contributed by atoms with Gasteiger partial charge in [-0.2, -0.15) is 10.1 Å². The molecule has 23 heavy (non-hydrogen) atoms. The van der Waals surface area contributed by atoms with Crippen molar-refractivity contribution in [3.05, 3.63) is 66.2 Å². The maximum atomic E-state index is 12.7. The Morgan fingerprint density at radius 2 is 1.70 bits per heavy atom. The van der Waals surface area contributed by atoms with Crippen LogP contribution in [0, 0.1) is 5.92 Å². The molecule has 0 aromatic heterocycles. The first-order chi connectivity index (χ1) is 11.2. The van der Waals surface area contributed by atoms with E-state index >= 15 is 0 Å². The molecule has 1 aliphatic heterocycles. The topological polar surface area (TPSA) is 59.0 Å². The number of esters is 1. The van der Waals surface area contributed by atoms with Gasteiger partial charge in [0, 0.05) is 0 Å². The average Bonchev–Trinajstić information content (AvgIpc) is 2.94. The molecule has 0 aliphatic carbocycles. The van der Waals surface area contributed by atoms with Crippen LogP contribution in [0.2, 0.25) is 0 Å². The van der Waals surface area contributed by atoms with Gasteiger partial charge in [0.25, 0.3) is 5.91 Å². The number of hydrogen-bond donors (Lipinski definition) is 0. The van der Waals surface area contributed by atoms with Gasteiger partial charge in [-0.15, -0.1) is 0 Å². The first-order valence-corrected chi connectivity index (χ1v) is 7.42. The van der Waals surface area contributed by atoms with Crippen molar-refractivity contribution < 1.29 is 14.3 Å². The maximum absolute atomic E-state index is 12.7. The monoisotopic (exact) mass is 308 g/mol. The standard InChI is InChI=1S/C18H16N2O3/c1-2-23-18(22)15-16(13-9-5-3-6-10-13)19-20(17(15)21)14-11-7-4-8-12-14/h3-12,15H,2H2,1H3. The highest BCUT2D eigenvalue weighted by Crippen LogP contribution is 2.27. The number of anilines is 1. The Hall–Kier alpha value is -2.95. The molecule has 116 valence electrons. The summed E-state index contributed by atoms with van der Waals surface area (Å²) in [6.45, 7) is 1.93. The fourth-order valence-corrected chi connectivity index (χ4v) is 2.48. The minimum atomic E-state index is -1.03. The number of carbonyl (C=O) groups excluding carboxylic acids is 2. The van der Waals surface area contributed by atoms with E-state index in [2.05, 4.69) is 5.10 Å². The molecular formula is C18H16N2O3. The van der Waals surface area contributed by atoms with Crippen LogP contribution in [-0.2, 0) is 14.3 Å². The molecule has 0 fully saturated rings. The minimum Gasteiger partial charge on any atom is -0.465 e. The van der Waals surface area contributed by atoms with Crippen molar-refractivity contribution in [2.45, 2.75) is 6.92 Å². The Bertz CT molecular complexity index is 741. The van der Waals surface area contributed by atoms with Gasteiger partial charge in [-0.3, -0.25) is 9.59 Å². The van der Waals surface area contributed by atoms with Gasteiger partial charge in [-0.1, -0.05) is 48.5 Å². The SMILES string of the molecule is CCOC(=O)C1C(=O)N(c2ccccc2)N=C1c1ccccc1. The first-order valence-electron chi connectivity index (χ1n) is 7.42. The van der Waals surface area contributed by atoms with E-state index in [9.17, 15) is 9.59 Å². The highest BCUT2D eigenvalue weighted by Gasteiger charge is 2.43. The number of amides is 1. The van der Waals surface area contributed by atoms with Gasteiger partial charge < -0.3 is 4.74 Å². The van der Waals surface area contributed by atoms with Gasteiger partial charge in [-0.05, 0) is 24.6 Å². The second kappa shape index (κ2) is 6.44. The van der Waals surface area contributed by atoms with Crippen LogP contribution < -0.4 is 5.01 Å². The van der Waals surface area contributed by atoms with Gasteiger partial charge in [0.15, 0.2) is 5.92 Å². The Morgan fingerprint density at radius 1 is 1.09 bits per heavy atom. The predicted octanol–water partition coefficient (Wildman–Crippen LogP) is 2.62. The van der Waals surface area contributed by atoms with Gasteiger partial charge in [0.05, 0.1) is 18.0 Å². The van der Waals surface area contributed by atoms with Crippen molar-refractivity contribution in [2.75, 3.05) is 11.6 Å². The summed E-state index contributed by atoms with van der Waals surface area (Å²) in [4.78, 5) is 25.0. The van der Waals surface area contributed by atoms with Crippen LogP contribution >= 0.6 is 0 Å². The summed E-state index contributed by atoms with van der Waals surface area (Å²) in [7, 11) is 0. The molecule has 1 unspecified atom stereocenters. The quantitative estimate of drug-likeness (QED) is 0.644. The van der Waals surface area contributed by atoms with E-state index in [1.54, 1.807) is 19.1 Å². The molecular weight excluding hydrogens is 292 g/mol. The third-order valence-corrected chi connectivity index (χ3v) is 3.53. The third kappa shape index (κ3) is 2.85. The fourth-order valence-electron chi connectivity index (χ4n) is 2.48. The predicted molar refractivity (Wildman–Crippen MR) is 87.0 cm³/mol. The number of benzene rings is 2. The Morgan fingerprint density at radius 3 is 2.30 bits per heavy atom. The zero-order valence-corrected chi connectivity index (χ0v) is 12.7. The number of ether oxygens (including phenoxy) is 1. The van der Waals surface area contributed by atoms with Crippen LogP contribution in [0.4, 0.5) is 5.69 Å². The summed E-state index contributed by atoms with van der Waals surface area (Å²) in [6, 6.07) is 18.3. The number of para-hydroxylation sites is 1. The Labute approximate surface area is 134 Å². The molecule has 1 atom stereocenters. The summed E-state index contributed by atoms with van der Waals surface area (Å²) < 4.78 is 5.06. The third-order valence-electron chi connectivity index (χ3n) is 3.53. The van der Waals surface area contributed by atoms with Crippen molar-refractivity contribution in [3.63, 3.8) is 0 Å². The number of nitrogens with zero attached hydrogens (tertiary/aromatic N) is 2. The normalized spacial score (nSPS) is 17.1. The second-order valence-corrected chi connectivity index (χ2v) is 5.02. The van der Waals surface area contributed by atoms with Crippen LogP contribution in [0.15, 0.2) is 65.8 Å². The van der Waals surface area contributed by atoms with Crippen LogP contribution in [0.5, 0.6) is 0 Å². The van der Waals surface area contributed by atoms with Gasteiger partial charge in [0.1, 0.15) is 0 Å². The van der Waals surface area contributed by atoms with Crippen molar-refractivity contribution in [3.8, 4) is 0 Å². The first kappa shape index (κ1) is 15.0. The largest absolute Gasteiger partial charge is 0.465 e. The molecule has 0 N–H and O–H groups in total. The van der Waals surface area contributed by atoms with Crippen LogP contribution in [0.25, 0.3) is 0 Å². The zero-order chi connectivity index (χ0) is 16.2. The molecule has 5 nitrogen and oxygen atoms in total. The number of carbonyl (C=O) groups is 2. The van der Waals surface area contributed by atoms with Gasteiger partial charge in [0.2, 0.25) is 0 Å². The van der Waals surface area contributed by atoms with E-state index in [1.165, 1.54) is 5.01 Å². The molecule has 2 aromatic carbocycles. The van der Waals surface area contributed by atoms with Crippen molar-refractivity contribution >= 4 is 23.3 Å². The second-order valence-electron chi connectivity index (χ2n) is 5.02. The summed E-state index contributed by atoms with van der Waals surface area (Å²) >= 11 is 0. The fraction of sp³-hybridized carbons (Fsp3) is 0.167. The smallest absolute Gasteiger partial charge is 0.324 e. The molecule has 5 heteroatoms. The molecule has 0 spiro atoms. The molecule has 3 rings (SSSR count). The van der Waals surface area contributed by atoms with Gasteiger partial charge >= 0.3 is 5.97 Å². The number of hydrazone groups is 1. The van der Waals surface area contributed by atoms with Crippen LogP contribution in [0.1, 0.15) is 12.5 Å². The van der Waals surface area contributed by atoms with E-state index in [4.69, 9.17) is 4.74 Å². The lowest BCUT2D eigenvalue weighted by molar-refractivity contribution is -0.148. The van der Waals surface area contributed by atoms with E-state index in [0.29, 0.717) is 11.4 Å². The van der Waals surface area contributed by atoms with E-state index in [-0.39, 0.29) is 6.61 Å². The lowest BCUT2D eigenvalue weighted by Gasteiger charge is -2.13. The molecule has 1 aliphatic rings. The summed E-state index contributed by atoms with van der Waals surface area (Å²) in [5.74, 6) is -2.00. The van der Waals surface area contributed by atoms with Crippen LogP contribution in [-0.4, -0.2) is 24.2 Å². The van der Waals surface area contributed by atoms with Crippen molar-refractivity contribution in [1.82, 2.24) is 0 Å². The average molecular weight is 308 g/mol. The van der Waals surface area contributed by atoms with Gasteiger partial charge in [-0.25, -0.2) is 0 Å². The van der Waals surface area contributed by atoms with E-state index in [1.807, 2.05) is 48.5 Å². The lowest BCUT2D eigenvalue weighted by atomic mass is 9.97. The Kier molecular flexibility index (Phi) is 4.19. The molecule has 0 bridgehead atoms. The number of hydrogen-bond acceptors (Lipinski definition) is 4. The summed E-state index contributed by atoms with van der Waals surface area (Å²) in [6.07, 6.45) is 0. The van der Waals surface area contributed by atoms with Crippen molar-refractivity contribution in [1.29, 1.82) is 0 Å². The molecule has 0 saturated carbocycles. The number of rotatable bonds is 4. The summed E-state index contributed by atoms with van der Waals surface area (Å²) in [5, 5.41) is 5.66. The molecule has 1 amide bonds. The molecule has 1 heterocycles. The maximum Gasteiger partial charge on any atom is 0.324 e. The zero-order valence-electron chi connectivity index (χ0n) is 12.7. The molecule has 0 radical (unpaired) electrons. The minimum absolute atomic E-state index is 0.218. The molecule has 2 aromatic rings. The highest BCUT2D eigenvalue weighted by molar-refractivity contribution is 6.30. The molecule has 0 saturated heterocycles. The summed E-state index contributed by atoms with van der Waals surface area (Å²) in [5.41, 5.74) is 1.77. The lowest BCUT2D eigenvalue weighted by Crippen LogP contribution is -2.34. The highest BCUT2D eigenvalue weighted by atomic mass is 16.5. The van der Waals surface area contributed by atoms with E-state index < -0.39 is 17.8 Å². The Balaban J connectivity index is 2.04. The van der Waals surface area contributed by atoms with E-state index in [0.717, 1.165) is 5.56 Å².